The molecule has 0 spiro atoms. The molecule has 0 bridgehead atoms. The Labute approximate surface area is 109 Å². The van der Waals surface area contributed by atoms with E-state index in [0.717, 1.165) is 5.69 Å². The third-order valence-electron chi connectivity index (χ3n) is 2.85. The number of aromatic amines is 1. The van der Waals surface area contributed by atoms with E-state index in [2.05, 4.69) is 15.3 Å². The van der Waals surface area contributed by atoms with Crippen LogP contribution in [0.1, 0.15) is 45.3 Å². The lowest BCUT2D eigenvalue weighted by atomic mass is 10.2. The zero-order chi connectivity index (χ0) is 14.2. The van der Waals surface area contributed by atoms with Crippen LogP contribution in [0, 0.1) is 0 Å². The summed E-state index contributed by atoms with van der Waals surface area (Å²) in [7, 11) is 0. The Morgan fingerprint density at radius 2 is 1.84 bits per heavy atom. The monoisotopic (exact) mass is 263 g/mol. The summed E-state index contributed by atoms with van der Waals surface area (Å²) < 4.78 is 2.85. The third kappa shape index (κ3) is 2.49. The molecular weight excluding hydrogens is 246 g/mol. The number of hydrogen-bond acceptors (Lipinski definition) is 4. The van der Waals surface area contributed by atoms with Crippen molar-refractivity contribution >= 4 is 0 Å². The summed E-state index contributed by atoms with van der Waals surface area (Å²) in [6.45, 7) is 7.72. The molecule has 0 saturated carbocycles. The second-order valence-corrected chi connectivity index (χ2v) is 5.02. The van der Waals surface area contributed by atoms with Crippen molar-refractivity contribution in [2.24, 2.45) is 0 Å². The molecule has 0 aliphatic carbocycles. The zero-order valence-electron chi connectivity index (χ0n) is 11.4. The highest BCUT2D eigenvalue weighted by molar-refractivity contribution is 5.24. The Morgan fingerprint density at radius 1 is 1.16 bits per heavy atom. The van der Waals surface area contributed by atoms with Crippen molar-refractivity contribution in [1.29, 1.82) is 0 Å². The highest BCUT2D eigenvalue weighted by atomic mass is 16.2. The van der Waals surface area contributed by atoms with Crippen LogP contribution in [-0.2, 0) is 0 Å². The molecule has 0 aliphatic rings. The molecule has 102 valence electrons. The average Bonchev–Trinajstić information content (AvgIpc) is 2.77. The molecule has 7 heteroatoms. The Hall–Kier alpha value is -2.18. The fraction of sp³-hybridized carbons (Fsp3) is 0.500. The molecule has 2 aromatic heterocycles. The van der Waals surface area contributed by atoms with E-state index in [1.165, 1.54) is 15.4 Å². The van der Waals surface area contributed by atoms with Gasteiger partial charge in [-0.2, -0.15) is 0 Å². The number of nitrogens with zero attached hydrogens (tertiary/aromatic N) is 4. The Morgan fingerprint density at radius 3 is 2.37 bits per heavy atom. The Kier molecular flexibility index (Phi) is 3.37. The molecule has 7 nitrogen and oxygen atoms in total. The number of H-pyrrole nitrogens is 1. The number of rotatable bonds is 3. The molecule has 0 atom stereocenters. The standard InChI is InChI=1S/C12H17N5O2/c1-7(2)9-5-17(15-14-9)10-6-16(8(3)4)12(19)13-11(10)18/h5-8H,1-4H3,(H,13,18,19). The van der Waals surface area contributed by atoms with E-state index < -0.39 is 11.2 Å². The summed E-state index contributed by atoms with van der Waals surface area (Å²) in [6.07, 6.45) is 3.20. The first kappa shape index (κ1) is 13.3. The lowest BCUT2D eigenvalue weighted by Gasteiger charge is -2.10. The number of hydrogen-bond donors (Lipinski definition) is 1. The zero-order valence-corrected chi connectivity index (χ0v) is 11.4. The first-order valence-corrected chi connectivity index (χ1v) is 6.18. The van der Waals surface area contributed by atoms with Crippen molar-refractivity contribution in [3.8, 4) is 5.69 Å². The van der Waals surface area contributed by atoms with E-state index in [1.54, 1.807) is 6.20 Å². The average molecular weight is 263 g/mol. The van der Waals surface area contributed by atoms with E-state index in [9.17, 15) is 9.59 Å². The van der Waals surface area contributed by atoms with Gasteiger partial charge >= 0.3 is 5.69 Å². The summed E-state index contributed by atoms with van der Waals surface area (Å²) in [4.78, 5) is 25.8. The molecule has 0 unspecified atom stereocenters. The maximum Gasteiger partial charge on any atom is 0.328 e. The van der Waals surface area contributed by atoms with Gasteiger partial charge in [-0.05, 0) is 19.8 Å². The highest BCUT2D eigenvalue weighted by Crippen LogP contribution is 2.11. The van der Waals surface area contributed by atoms with Crippen LogP contribution in [0.3, 0.4) is 0 Å². The van der Waals surface area contributed by atoms with Gasteiger partial charge in [-0.3, -0.25) is 14.3 Å². The fourth-order valence-electron chi connectivity index (χ4n) is 1.68. The maximum absolute atomic E-state index is 11.8. The van der Waals surface area contributed by atoms with Gasteiger partial charge < -0.3 is 0 Å². The van der Waals surface area contributed by atoms with Crippen molar-refractivity contribution in [2.45, 2.75) is 39.7 Å². The molecular formula is C12H17N5O2. The minimum Gasteiger partial charge on any atom is -0.296 e. The topological polar surface area (TPSA) is 85.6 Å². The van der Waals surface area contributed by atoms with Crippen LogP contribution in [0.15, 0.2) is 22.0 Å². The number of nitrogens with one attached hydrogen (secondary N) is 1. The largest absolute Gasteiger partial charge is 0.328 e. The summed E-state index contributed by atoms with van der Waals surface area (Å²) >= 11 is 0. The summed E-state index contributed by atoms with van der Waals surface area (Å²) in [5.41, 5.74) is 0.185. The van der Waals surface area contributed by atoms with Crippen molar-refractivity contribution in [3.63, 3.8) is 0 Å². The smallest absolute Gasteiger partial charge is 0.296 e. The van der Waals surface area contributed by atoms with E-state index in [1.807, 2.05) is 27.7 Å². The first-order valence-electron chi connectivity index (χ1n) is 6.18. The quantitative estimate of drug-likeness (QED) is 0.888. The lowest BCUT2D eigenvalue weighted by Crippen LogP contribution is -2.33. The molecule has 2 aromatic rings. The van der Waals surface area contributed by atoms with Gasteiger partial charge in [-0.15, -0.1) is 5.10 Å². The summed E-state index contributed by atoms with van der Waals surface area (Å²) in [5.74, 6) is 0.226. The van der Waals surface area contributed by atoms with Gasteiger partial charge in [0.05, 0.1) is 11.9 Å². The highest BCUT2D eigenvalue weighted by Gasteiger charge is 2.12. The minimum absolute atomic E-state index is 0.0452. The van der Waals surface area contributed by atoms with Crippen LogP contribution >= 0.6 is 0 Å². The molecule has 0 amide bonds. The molecule has 19 heavy (non-hydrogen) atoms. The second kappa shape index (κ2) is 4.83. The molecule has 0 saturated heterocycles. The number of aromatic nitrogens is 5. The lowest BCUT2D eigenvalue weighted by molar-refractivity contribution is 0.556. The maximum atomic E-state index is 11.8. The molecule has 2 heterocycles. The third-order valence-corrected chi connectivity index (χ3v) is 2.85. The van der Waals surface area contributed by atoms with E-state index in [0.29, 0.717) is 0 Å². The fourth-order valence-corrected chi connectivity index (χ4v) is 1.68. The molecule has 2 rings (SSSR count). The first-order chi connectivity index (χ1) is 8.90. The van der Waals surface area contributed by atoms with Crippen molar-refractivity contribution in [2.75, 3.05) is 0 Å². The molecule has 0 aromatic carbocycles. The molecule has 1 N–H and O–H groups in total. The minimum atomic E-state index is -0.470. The summed E-state index contributed by atoms with van der Waals surface area (Å²) in [5, 5.41) is 7.93. The van der Waals surface area contributed by atoms with Crippen LogP contribution in [0.25, 0.3) is 5.69 Å². The van der Waals surface area contributed by atoms with E-state index in [-0.39, 0.29) is 17.6 Å². The second-order valence-electron chi connectivity index (χ2n) is 5.02. The van der Waals surface area contributed by atoms with E-state index >= 15 is 0 Å². The van der Waals surface area contributed by atoms with Gasteiger partial charge in [-0.25, -0.2) is 9.48 Å². The Balaban J connectivity index is 2.58. The molecule has 0 aliphatic heterocycles. The molecule has 0 fully saturated rings. The predicted molar refractivity (Wildman–Crippen MR) is 70.7 cm³/mol. The molecule has 0 radical (unpaired) electrons. The van der Waals surface area contributed by atoms with Crippen LogP contribution < -0.4 is 11.2 Å². The van der Waals surface area contributed by atoms with Crippen molar-refractivity contribution in [3.05, 3.63) is 38.9 Å². The van der Waals surface area contributed by atoms with Gasteiger partial charge in [0.2, 0.25) is 0 Å². The summed E-state index contributed by atoms with van der Waals surface area (Å²) in [6, 6.07) is -0.0452. The van der Waals surface area contributed by atoms with Gasteiger partial charge in [0, 0.05) is 12.2 Å². The normalized spacial score (nSPS) is 11.5. The van der Waals surface area contributed by atoms with Gasteiger partial charge in [0.15, 0.2) is 0 Å². The van der Waals surface area contributed by atoms with Crippen LogP contribution in [0.4, 0.5) is 0 Å². The van der Waals surface area contributed by atoms with Crippen LogP contribution in [0.5, 0.6) is 0 Å². The van der Waals surface area contributed by atoms with E-state index in [4.69, 9.17) is 0 Å². The van der Waals surface area contributed by atoms with Crippen LogP contribution in [-0.4, -0.2) is 24.5 Å². The Bertz CT molecular complexity index is 693. The van der Waals surface area contributed by atoms with Gasteiger partial charge in [-0.1, -0.05) is 19.1 Å². The van der Waals surface area contributed by atoms with Gasteiger partial charge in [0.25, 0.3) is 5.56 Å². The predicted octanol–water partition coefficient (Wildman–Crippen LogP) is 0.822. The van der Waals surface area contributed by atoms with Gasteiger partial charge in [0.1, 0.15) is 5.69 Å². The SMILES string of the molecule is CC(C)c1cn(-c2cn(C(C)C)c(=O)[nH]c2=O)nn1. The van der Waals surface area contributed by atoms with Crippen LogP contribution in [0.2, 0.25) is 0 Å². The van der Waals surface area contributed by atoms with Crippen molar-refractivity contribution in [1.82, 2.24) is 24.5 Å². The van der Waals surface area contributed by atoms with Crippen molar-refractivity contribution < 1.29 is 0 Å².